The predicted octanol–water partition coefficient (Wildman–Crippen LogP) is 1.74. The predicted molar refractivity (Wildman–Crippen MR) is 74.7 cm³/mol. The number of carboxylic acid groups (broad SMARTS) is 1. The first-order valence-electron chi connectivity index (χ1n) is 5.91. The van der Waals surface area contributed by atoms with Crippen molar-refractivity contribution in [3.63, 3.8) is 0 Å². The highest BCUT2D eigenvalue weighted by Crippen LogP contribution is 2.22. The van der Waals surface area contributed by atoms with E-state index in [2.05, 4.69) is 4.72 Å². The van der Waals surface area contributed by atoms with Crippen LogP contribution in [0.3, 0.4) is 0 Å². The van der Waals surface area contributed by atoms with Gasteiger partial charge in [-0.15, -0.1) is 0 Å². The molecule has 0 aliphatic carbocycles. The number of benzene rings is 1. The molecular weight excluding hydrogens is 306 g/mol. The van der Waals surface area contributed by atoms with E-state index in [1.807, 2.05) is 0 Å². The van der Waals surface area contributed by atoms with Crippen LogP contribution >= 0.6 is 11.6 Å². The number of halogens is 1. The topological polar surface area (TPSA) is 92.7 Å². The molecule has 112 valence electrons. The van der Waals surface area contributed by atoms with Gasteiger partial charge in [0.2, 0.25) is 10.0 Å². The van der Waals surface area contributed by atoms with Crippen molar-refractivity contribution in [2.45, 2.75) is 24.8 Å². The quantitative estimate of drug-likeness (QED) is 0.798. The maximum Gasteiger partial charge on any atom is 0.335 e. The van der Waals surface area contributed by atoms with Crippen molar-refractivity contribution >= 4 is 27.6 Å². The smallest absolute Gasteiger partial charge is 0.335 e. The standard InChI is InChI=1S/C12H16ClNO5S/c1-3-19-7-8(2)14-20(17,18)11-6-9(12(15)16)4-5-10(11)13/h4-6,8,14H,3,7H2,1-2H3,(H,15,16). The molecule has 0 radical (unpaired) electrons. The van der Waals surface area contributed by atoms with E-state index in [0.29, 0.717) is 6.61 Å². The number of carbonyl (C=O) groups is 1. The number of hydrogen-bond acceptors (Lipinski definition) is 4. The van der Waals surface area contributed by atoms with Crippen molar-refractivity contribution in [2.24, 2.45) is 0 Å². The number of aromatic carboxylic acids is 1. The zero-order valence-corrected chi connectivity index (χ0v) is 12.7. The molecule has 1 aromatic carbocycles. The molecule has 0 bridgehead atoms. The number of rotatable bonds is 7. The van der Waals surface area contributed by atoms with Crippen LogP contribution in [0, 0.1) is 0 Å². The van der Waals surface area contributed by atoms with Crippen LogP contribution in [-0.4, -0.2) is 38.7 Å². The Morgan fingerprint density at radius 3 is 2.70 bits per heavy atom. The number of sulfonamides is 1. The Kier molecular flexibility index (Phi) is 5.94. The molecule has 1 aromatic rings. The highest BCUT2D eigenvalue weighted by Gasteiger charge is 2.22. The summed E-state index contributed by atoms with van der Waals surface area (Å²) in [5, 5.41) is 8.85. The molecule has 20 heavy (non-hydrogen) atoms. The van der Waals surface area contributed by atoms with Gasteiger partial charge in [-0.05, 0) is 32.0 Å². The van der Waals surface area contributed by atoms with Gasteiger partial charge in [0.1, 0.15) is 4.90 Å². The fourth-order valence-corrected chi connectivity index (χ4v) is 3.25. The summed E-state index contributed by atoms with van der Waals surface area (Å²) in [5.41, 5.74) is -0.146. The van der Waals surface area contributed by atoms with E-state index >= 15 is 0 Å². The molecule has 1 unspecified atom stereocenters. The van der Waals surface area contributed by atoms with Crippen LogP contribution in [-0.2, 0) is 14.8 Å². The van der Waals surface area contributed by atoms with Gasteiger partial charge in [0, 0.05) is 12.6 Å². The van der Waals surface area contributed by atoms with Crippen molar-refractivity contribution in [2.75, 3.05) is 13.2 Å². The number of carboxylic acids is 1. The lowest BCUT2D eigenvalue weighted by Gasteiger charge is -2.15. The SMILES string of the molecule is CCOCC(C)NS(=O)(=O)c1cc(C(=O)O)ccc1Cl. The van der Waals surface area contributed by atoms with Gasteiger partial charge < -0.3 is 9.84 Å². The largest absolute Gasteiger partial charge is 0.478 e. The van der Waals surface area contributed by atoms with Gasteiger partial charge in [-0.3, -0.25) is 0 Å². The fourth-order valence-electron chi connectivity index (χ4n) is 1.50. The summed E-state index contributed by atoms with van der Waals surface area (Å²) >= 11 is 5.83. The summed E-state index contributed by atoms with van der Waals surface area (Å²) < 4.78 is 31.8. The molecule has 0 aromatic heterocycles. The second-order valence-corrected chi connectivity index (χ2v) is 6.22. The second-order valence-electron chi connectivity index (χ2n) is 4.13. The average molecular weight is 322 g/mol. The highest BCUT2D eigenvalue weighted by molar-refractivity contribution is 7.89. The van der Waals surface area contributed by atoms with E-state index in [9.17, 15) is 13.2 Å². The summed E-state index contributed by atoms with van der Waals surface area (Å²) in [4.78, 5) is 10.6. The maximum atomic E-state index is 12.2. The lowest BCUT2D eigenvalue weighted by Crippen LogP contribution is -2.36. The lowest BCUT2D eigenvalue weighted by atomic mass is 10.2. The lowest BCUT2D eigenvalue weighted by molar-refractivity contribution is 0.0696. The van der Waals surface area contributed by atoms with E-state index in [4.69, 9.17) is 21.4 Å². The Balaban J connectivity index is 3.03. The summed E-state index contributed by atoms with van der Waals surface area (Å²) in [6.45, 7) is 4.13. The van der Waals surface area contributed by atoms with Gasteiger partial charge >= 0.3 is 5.97 Å². The number of ether oxygens (including phenoxy) is 1. The van der Waals surface area contributed by atoms with Crippen LogP contribution in [0.25, 0.3) is 0 Å². The Labute approximate surface area is 122 Å². The van der Waals surface area contributed by atoms with Gasteiger partial charge in [-0.2, -0.15) is 0 Å². The van der Waals surface area contributed by atoms with Gasteiger partial charge in [-0.1, -0.05) is 11.6 Å². The van der Waals surface area contributed by atoms with Crippen LogP contribution < -0.4 is 4.72 Å². The van der Waals surface area contributed by atoms with Gasteiger partial charge in [0.15, 0.2) is 0 Å². The molecule has 0 amide bonds. The van der Waals surface area contributed by atoms with Gasteiger partial charge in [0.25, 0.3) is 0 Å². The van der Waals surface area contributed by atoms with Crippen molar-refractivity contribution in [1.82, 2.24) is 4.72 Å². The third kappa shape index (κ3) is 4.45. The van der Waals surface area contributed by atoms with Crippen molar-refractivity contribution in [1.29, 1.82) is 0 Å². The summed E-state index contributed by atoms with van der Waals surface area (Å²) in [6.07, 6.45) is 0. The molecular formula is C12H16ClNO5S. The molecule has 1 rings (SSSR count). The summed E-state index contributed by atoms with van der Waals surface area (Å²) in [7, 11) is -3.90. The summed E-state index contributed by atoms with van der Waals surface area (Å²) in [5.74, 6) is -1.22. The maximum absolute atomic E-state index is 12.2. The van der Waals surface area contributed by atoms with Crippen LogP contribution in [0.1, 0.15) is 24.2 Å². The van der Waals surface area contributed by atoms with E-state index < -0.39 is 22.0 Å². The zero-order valence-electron chi connectivity index (χ0n) is 11.1. The molecule has 2 N–H and O–H groups in total. The van der Waals surface area contributed by atoms with E-state index in [1.165, 1.54) is 12.1 Å². The molecule has 0 saturated carbocycles. The van der Waals surface area contributed by atoms with Crippen LogP contribution in [0.2, 0.25) is 5.02 Å². The fraction of sp³-hybridized carbons (Fsp3) is 0.417. The monoisotopic (exact) mass is 321 g/mol. The average Bonchev–Trinajstić information content (AvgIpc) is 2.35. The minimum Gasteiger partial charge on any atom is -0.478 e. The second kappa shape index (κ2) is 7.03. The molecule has 0 fully saturated rings. The molecule has 8 heteroatoms. The highest BCUT2D eigenvalue weighted by atomic mass is 35.5. The first-order chi connectivity index (χ1) is 9.27. The minimum atomic E-state index is -3.90. The van der Waals surface area contributed by atoms with Crippen molar-refractivity contribution in [3.05, 3.63) is 28.8 Å². The Hall–Kier alpha value is -1.15. The normalized spacial score (nSPS) is 13.2. The Morgan fingerprint density at radius 1 is 1.50 bits per heavy atom. The van der Waals surface area contributed by atoms with Gasteiger partial charge in [0.05, 0.1) is 17.2 Å². The first kappa shape index (κ1) is 16.9. The third-order valence-electron chi connectivity index (χ3n) is 2.40. The molecule has 0 aliphatic heterocycles. The Morgan fingerprint density at radius 2 is 2.15 bits per heavy atom. The van der Waals surface area contributed by atoms with E-state index in [-0.39, 0.29) is 22.1 Å². The van der Waals surface area contributed by atoms with Crippen molar-refractivity contribution in [3.8, 4) is 0 Å². The van der Waals surface area contributed by atoms with Gasteiger partial charge in [-0.25, -0.2) is 17.9 Å². The minimum absolute atomic E-state index is 0.0360. The molecule has 1 atom stereocenters. The molecule has 6 nitrogen and oxygen atoms in total. The van der Waals surface area contributed by atoms with Crippen LogP contribution in [0.4, 0.5) is 0 Å². The van der Waals surface area contributed by atoms with E-state index in [1.54, 1.807) is 13.8 Å². The third-order valence-corrected chi connectivity index (χ3v) is 4.47. The van der Waals surface area contributed by atoms with Crippen LogP contribution in [0.15, 0.2) is 23.1 Å². The van der Waals surface area contributed by atoms with Crippen LogP contribution in [0.5, 0.6) is 0 Å². The summed E-state index contributed by atoms with van der Waals surface area (Å²) in [6, 6.07) is 3.06. The molecule has 0 aliphatic rings. The van der Waals surface area contributed by atoms with E-state index in [0.717, 1.165) is 6.07 Å². The van der Waals surface area contributed by atoms with Crippen molar-refractivity contribution < 1.29 is 23.1 Å². The first-order valence-corrected chi connectivity index (χ1v) is 7.77. The Bertz CT molecular complexity index is 588. The molecule has 0 spiro atoms. The number of nitrogens with one attached hydrogen (secondary N) is 1. The zero-order chi connectivity index (χ0) is 15.3. The molecule has 0 heterocycles. The number of hydrogen-bond donors (Lipinski definition) is 2. The molecule has 0 saturated heterocycles.